The first-order valence-electron chi connectivity index (χ1n) is 11.5. The van der Waals surface area contributed by atoms with Crippen molar-refractivity contribution in [3.63, 3.8) is 0 Å². The quantitative estimate of drug-likeness (QED) is 0.683. The van der Waals surface area contributed by atoms with Crippen molar-refractivity contribution in [2.75, 3.05) is 26.2 Å². The van der Waals surface area contributed by atoms with Crippen LogP contribution < -0.4 is 5.32 Å². The van der Waals surface area contributed by atoms with Gasteiger partial charge in [-0.05, 0) is 42.4 Å². The SMILES string of the molecule is O=CN1CCCN(C(=O)CC[C@]2(Cc3ccc(-c4ccccc4)cc3)CCC(=O)N2)CC1. The number of carbonyl (C=O) groups is 3. The Balaban J connectivity index is 1.40. The molecule has 0 aliphatic carbocycles. The number of benzene rings is 2. The molecule has 2 aromatic rings. The molecule has 4 rings (SSSR count). The van der Waals surface area contributed by atoms with Gasteiger partial charge in [0.2, 0.25) is 18.2 Å². The first kappa shape index (κ1) is 22.1. The summed E-state index contributed by atoms with van der Waals surface area (Å²) in [6.07, 6.45) is 4.68. The van der Waals surface area contributed by atoms with E-state index in [1.54, 1.807) is 4.90 Å². The average Bonchev–Trinajstić information content (AvgIpc) is 3.03. The van der Waals surface area contributed by atoms with Crippen LogP contribution in [0.3, 0.4) is 0 Å². The summed E-state index contributed by atoms with van der Waals surface area (Å²) < 4.78 is 0. The lowest BCUT2D eigenvalue weighted by Gasteiger charge is -2.30. The number of hydrogen-bond donors (Lipinski definition) is 1. The zero-order valence-corrected chi connectivity index (χ0v) is 18.5. The van der Waals surface area contributed by atoms with Crippen LogP contribution in [0.1, 0.15) is 37.7 Å². The molecular weight excluding hydrogens is 402 g/mol. The number of hydrogen-bond acceptors (Lipinski definition) is 3. The summed E-state index contributed by atoms with van der Waals surface area (Å²) in [5, 5.41) is 3.18. The highest BCUT2D eigenvalue weighted by molar-refractivity contribution is 5.80. The van der Waals surface area contributed by atoms with Crippen molar-refractivity contribution in [2.24, 2.45) is 0 Å². The van der Waals surface area contributed by atoms with Gasteiger partial charge in [0, 0.05) is 44.6 Å². The van der Waals surface area contributed by atoms with Gasteiger partial charge in [-0.2, -0.15) is 0 Å². The second kappa shape index (κ2) is 9.98. The molecule has 2 heterocycles. The highest BCUT2D eigenvalue weighted by Crippen LogP contribution is 2.31. The number of carbonyl (C=O) groups excluding carboxylic acids is 3. The molecule has 2 aliphatic heterocycles. The molecule has 2 aromatic carbocycles. The number of nitrogens with one attached hydrogen (secondary N) is 1. The molecule has 2 fully saturated rings. The van der Waals surface area contributed by atoms with E-state index < -0.39 is 0 Å². The second-order valence-corrected chi connectivity index (χ2v) is 8.94. The molecule has 0 aromatic heterocycles. The van der Waals surface area contributed by atoms with Gasteiger partial charge in [-0.25, -0.2) is 0 Å². The Kier molecular flexibility index (Phi) is 6.88. The lowest BCUT2D eigenvalue weighted by Crippen LogP contribution is -2.45. The van der Waals surface area contributed by atoms with E-state index in [0.29, 0.717) is 45.4 Å². The van der Waals surface area contributed by atoms with Crippen molar-refractivity contribution >= 4 is 18.2 Å². The van der Waals surface area contributed by atoms with Gasteiger partial charge in [0.1, 0.15) is 0 Å². The zero-order chi connectivity index (χ0) is 22.4. The fourth-order valence-electron chi connectivity index (χ4n) is 4.81. The fraction of sp³-hybridized carbons (Fsp3) is 0.423. The molecule has 168 valence electrons. The van der Waals surface area contributed by atoms with Gasteiger partial charge in [-0.3, -0.25) is 14.4 Å². The number of amides is 3. The monoisotopic (exact) mass is 433 g/mol. The van der Waals surface area contributed by atoms with Crippen molar-refractivity contribution in [1.29, 1.82) is 0 Å². The van der Waals surface area contributed by atoms with Gasteiger partial charge in [0.15, 0.2) is 0 Å². The van der Waals surface area contributed by atoms with Crippen LogP contribution in [0.15, 0.2) is 54.6 Å². The Bertz CT molecular complexity index is 945. The topological polar surface area (TPSA) is 69.7 Å². The van der Waals surface area contributed by atoms with Gasteiger partial charge in [-0.1, -0.05) is 54.6 Å². The molecule has 1 N–H and O–H groups in total. The van der Waals surface area contributed by atoms with E-state index in [-0.39, 0.29) is 17.4 Å². The highest BCUT2D eigenvalue weighted by atomic mass is 16.2. The van der Waals surface area contributed by atoms with Crippen LogP contribution in [-0.4, -0.2) is 59.7 Å². The highest BCUT2D eigenvalue weighted by Gasteiger charge is 2.38. The predicted octanol–water partition coefficient (Wildman–Crippen LogP) is 3.02. The van der Waals surface area contributed by atoms with Gasteiger partial charge in [0.25, 0.3) is 0 Å². The summed E-state index contributed by atoms with van der Waals surface area (Å²) in [4.78, 5) is 39.6. The van der Waals surface area contributed by atoms with E-state index in [9.17, 15) is 14.4 Å². The smallest absolute Gasteiger partial charge is 0.222 e. The molecule has 2 aliphatic rings. The first-order chi connectivity index (χ1) is 15.6. The third kappa shape index (κ3) is 5.36. The van der Waals surface area contributed by atoms with Crippen LogP contribution in [0.25, 0.3) is 11.1 Å². The summed E-state index contributed by atoms with van der Waals surface area (Å²) in [6.45, 7) is 2.55. The molecule has 0 radical (unpaired) electrons. The second-order valence-electron chi connectivity index (χ2n) is 8.94. The molecule has 2 saturated heterocycles. The minimum Gasteiger partial charge on any atom is -0.350 e. The van der Waals surface area contributed by atoms with Crippen LogP contribution in [0.2, 0.25) is 0 Å². The largest absolute Gasteiger partial charge is 0.350 e. The zero-order valence-electron chi connectivity index (χ0n) is 18.5. The Hall–Kier alpha value is -3.15. The maximum atomic E-state index is 12.9. The van der Waals surface area contributed by atoms with Crippen molar-refractivity contribution < 1.29 is 14.4 Å². The minimum atomic E-state index is -0.373. The summed E-state index contributed by atoms with van der Waals surface area (Å²) in [5.74, 6) is 0.174. The van der Waals surface area contributed by atoms with Gasteiger partial charge in [0.05, 0.1) is 0 Å². The van der Waals surface area contributed by atoms with E-state index in [1.165, 1.54) is 11.1 Å². The van der Waals surface area contributed by atoms with Crippen LogP contribution in [0.4, 0.5) is 0 Å². The van der Waals surface area contributed by atoms with Gasteiger partial charge in [-0.15, -0.1) is 0 Å². The van der Waals surface area contributed by atoms with Gasteiger partial charge >= 0.3 is 0 Å². The number of nitrogens with zero attached hydrogens (tertiary/aromatic N) is 2. The number of rotatable bonds is 7. The maximum absolute atomic E-state index is 12.9. The average molecular weight is 434 g/mol. The molecule has 0 spiro atoms. The molecular formula is C26H31N3O3. The van der Waals surface area contributed by atoms with Gasteiger partial charge < -0.3 is 15.1 Å². The van der Waals surface area contributed by atoms with E-state index >= 15 is 0 Å². The molecule has 3 amide bonds. The summed E-state index contributed by atoms with van der Waals surface area (Å²) in [6, 6.07) is 18.8. The van der Waals surface area contributed by atoms with E-state index in [4.69, 9.17) is 0 Å². The van der Waals surface area contributed by atoms with E-state index in [2.05, 4.69) is 41.7 Å². The Morgan fingerprint density at radius 2 is 1.72 bits per heavy atom. The molecule has 6 nitrogen and oxygen atoms in total. The van der Waals surface area contributed by atoms with Crippen LogP contribution in [0.5, 0.6) is 0 Å². The van der Waals surface area contributed by atoms with Crippen molar-refractivity contribution in [1.82, 2.24) is 15.1 Å². The third-order valence-electron chi connectivity index (χ3n) is 6.69. The molecule has 6 heteroatoms. The normalized spacial score (nSPS) is 21.2. The van der Waals surface area contributed by atoms with Crippen LogP contribution >= 0.6 is 0 Å². The van der Waals surface area contributed by atoms with Crippen molar-refractivity contribution in [2.45, 2.75) is 44.1 Å². The molecule has 0 saturated carbocycles. The summed E-state index contributed by atoms with van der Waals surface area (Å²) in [5.41, 5.74) is 3.14. The summed E-state index contributed by atoms with van der Waals surface area (Å²) >= 11 is 0. The Labute approximate surface area is 189 Å². The lowest BCUT2D eigenvalue weighted by molar-refractivity contribution is -0.132. The van der Waals surface area contributed by atoms with E-state index in [1.807, 2.05) is 23.1 Å². The third-order valence-corrected chi connectivity index (χ3v) is 6.69. The maximum Gasteiger partial charge on any atom is 0.222 e. The Morgan fingerprint density at radius 1 is 0.969 bits per heavy atom. The van der Waals surface area contributed by atoms with Crippen molar-refractivity contribution in [3.05, 3.63) is 60.2 Å². The first-order valence-corrected chi connectivity index (χ1v) is 11.5. The van der Waals surface area contributed by atoms with Crippen LogP contribution in [-0.2, 0) is 20.8 Å². The standard InChI is InChI=1S/C26H31N3O3/c30-20-28-15-4-16-29(18-17-28)25(32)12-14-26(13-11-24(31)27-26)19-21-7-9-23(10-8-21)22-5-2-1-3-6-22/h1-3,5-10,20H,4,11-19H2,(H,27,31)/t26-/m0/s1. The lowest BCUT2D eigenvalue weighted by atomic mass is 9.84. The molecule has 32 heavy (non-hydrogen) atoms. The Morgan fingerprint density at radius 3 is 2.41 bits per heavy atom. The molecule has 1 atom stereocenters. The fourth-order valence-corrected chi connectivity index (χ4v) is 4.81. The van der Waals surface area contributed by atoms with Crippen LogP contribution in [0, 0.1) is 0 Å². The minimum absolute atomic E-state index is 0.0646. The van der Waals surface area contributed by atoms with Crippen molar-refractivity contribution in [3.8, 4) is 11.1 Å². The molecule has 0 unspecified atom stereocenters. The van der Waals surface area contributed by atoms with E-state index in [0.717, 1.165) is 31.2 Å². The molecule has 0 bridgehead atoms. The predicted molar refractivity (Wildman–Crippen MR) is 124 cm³/mol. The summed E-state index contributed by atoms with van der Waals surface area (Å²) in [7, 11) is 0.